The number of hydrogen-bond donors (Lipinski definition) is 2. The van der Waals surface area contributed by atoms with Gasteiger partial charge in [0, 0.05) is 22.3 Å². The third-order valence-electron chi connectivity index (χ3n) is 4.52. The Balaban J connectivity index is 1.66. The number of nitrogens with one attached hydrogen (secondary N) is 1. The van der Waals surface area contributed by atoms with E-state index in [1.807, 2.05) is 24.3 Å². The van der Waals surface area contributed by atoms with E-state index in [1.54, 1.807) is 42.6 Å². The Hall–Kier alpha value is -3.20. The lowest BCUT2D eigenvalue weighted by Crippen LogP contribution is -2.18. The molecule has 0 aliphatic carbocycles. The topological polar surface area (TPSA) is 107 Å². The molecule has 1 amide bonds. The number of carbonyl (C=O) groups is 1. The molecule has 0 aliphatic heterocycles. The zero-order valence-corrected chi connectivity index (χ0v) is 17.2. The van der Waals surface area contributed by atoms with Crippen LogP contribution in [-0.2, 0) is 21.2 Å². The van der Waals surface area contributed by atoms with Gasteiger partial charge in [-0.25, -0.2) is 18.2 Å². The number of primary sulfonamides is 1. The lowest BCUT2D eigenvalue weighted by Gasteiger charge is -2.12. The molecule has 3 N–H and O–H groups in total. The summed E-state index contributed by atoms with van der Waals surface area (Å²) in [4.78, 5) is 12.3. The molecule has 0 radical (unpaired) electrons. The van der Waals surface area contributed by atoms with Crippen LogP contribution in [0.5, 0.6) is 0 Å². The van der Waals surface area contributed by atoms with Crippen LogP contribution in [0.25, 0.3) is 16.6 Å². The second-order valence-electron chi connectivity index (χ2n) is 6.68. The minimum atomic E-state index is -4.08. The van der Waals surface area contributed by atoms with E-state index in [2.05, 4.69) is 10.4 Å². The van der Waals surface area contributed by atoms with E-state index in [-0.39, 0.29) is 22.9 Å². The first kappa shape index (κ1) is 20.1. The van der Waals surface area contributed by atoms with Crippen LogP contribution in [0.1, 0.15) is 5.56 Å². The number of benzene rings is 3. The number of anilines is 1. The number of nitrogens with zero attached hydrogens (tertiary/aromatic N) is 2. The molecule has 3 aromatic carbocycles. The molecule has 4 aromatic rings. The number of rotatable bonds is 5. The third-order valence-corrected chi connectivity index (χ3v) is 5.83. The van der Waals surface area contributed by atoms with Crippen LogP contribution in [0.2, 0.25) is 5.02 Å². The lowest BCUT2D eigenvalue weighted by molar-refractivity contribution is -0.115. The monoisotopic (exact) mass is 440 g/mol. The molecule has 1 heterocycles. The first-order valence-electron chi connectivity index (χ1n) is 8.96. The fourth-order valence-electron chi connectivity index (χ4n) is 3.12. The van der Waals surface area contributed by atoms with Crippen molar-refractivity contribution < 1.29 is 13.2 Å². The predicted molar refractivity (Wildman–Crippen MR) is 116 cm³/mol. The van der Waals surface area contributed by atoms with Crippen molar-refractivity contribution in [2.45, 2.75) is 11.3 Å². The molecule has 0 aliphatic rings. The van der Waals surface area contributed by atoms with Crippen LogP contribution in [0.15, 0.2) is 77.8 Å². The average molecular weight is 441 g/mol. The molecule has 7 nitrogen and oxygen atoms in total. The van der Waals surface area contributed by atoms with Crippen LogP contribution in [0, 0.1) is 0 Å². The van der Waals surface area contributed by atoms with Crippen LogP contribution in [-0.4, -0.2) is 24.1 Å². The van der Waals surface area contributed by atoms with Gasteiger partial charge in [-0.05, 0) is 35.9 Å². The Morgan fingerprint density at radius 3 is 2.53 bits per heavy atom. The summed E-state index contributed by atoms with van der Waals surface area (Å²) in [6, 6.07) is 18.9. The van der Waals surface area contributed by atoms with E-state index in [0.717, 1.165) is 10.9 Å². The third kappa shape index (κ3) is 4.20. The molecule has 152 valence electrons. The Morgan fingerprint density at radius 1 is 1.07 bits per heavy atom. The minimum Gasteiger partial charge on any atom is -0.326 e. The van der Waals surface area contributed by atoms with Crippen molar-refractivity contribution in [1.82, 2.24) is 9.78 Å². The Kier molecular flexibility index (Phi) is 5.29. The summed E-state index contributed by atoms with van der Waals surface area (Å²) < 4.78 is 25.9. The summed E-state index contributed by atoms with van der Waals surface area (Å²) in [6.45, 7) is 0. The van der Waals surface area contributed by atoms with Crippen molar-refractivity contribution in [2.75, 3.05) is 5.32 Å². The Morgan fingerprint density at radius 2 is 1.80 bits per heavy atom. The van der Waals surface area contributed by atoms with Gasteiger partial charge in [0.1, 0.15) is 4.90 Å². The fourth-order valence-corrected chi connectivity index (χ4v) is 4.06. The van der Waals surface area contributed by atoms with Crippen molar-refractivity contribution in [3.05, 3.63) is 83.5 Å². The SMILES string of the molecule is NS(=O)(=O)c1cc(NC(=O)Cc2ccccc2Cl)ccc1-n1cc2ccccc2n1. The molecule has 0 fully saturated rings. The van der Waals surface area contributed by atoms with Gasteiger partial charge < -0.3 is 5.32 Å². The van der Waals surface area contributed by atoms with Crippen molar-refractivity contribution in [2.24, 2.45) is 5.14 Å². The van der Waals surface area contributed by atoms with Crippen molar-refractivity contribution in [3.8, 4) is 5.69 Å². The maximum absolute atomic E-state index is 12.4. The lowest BCUT2D eigenvalue weighted by atomic mass is 10.1. The van der Waals surface area contributed by atoms with Gasteiger partial charge in [0.15, 0.2) is 0 Å². The number of fused-ring (bicyclic) bond motifs is 1. The van der Waals surface area contributed by atoms with Gasteiger partial charge in [0.2, 0.25) is 15.9 Å². The van der Waals surface area contributed by atoms with Gasteiger partial charge in [0.05, 0.1) is 17.6 Å². The van der Waals surface area contributed by atoms with Crippen molar-refractivity contribution in [3.63, 3.8) is 0 Å². The van der Waals surface area contributed by atoms with Gasteiger partial charge in [-0.2, -0.15) is 5.10 Å². The Labute approximate surface area is 178 Å². The predicted octanol–water partition coefficient (Wildman–Crippen LogP) is 3.51. The molecule has 0 unspecified atom stereocenters. The summed E-state index contributed by atoms with van der Waals surface area (Å²) in [5.41, 5.74) is 1.98. The molecule has 9 heteroatoms. The summed E-state index contributed by atoms with van der Waals surface area (Å²) in [5.74, 6) is -0.332. The van der Waals surface area contributed by atoms with Gasteiger partial charge >= 0.3 is 0 Å². The van der Waals surface area contributed by atoms with Crippen LogP contribution in [0.3, 0.4) is 0 Å². The standard InChI is InChI=1S/C21H17ClN4O3S/c22-17-7-3-1-5-14(17)11-21(27)24-16-9-10-19(20(12-16)30(23,28)29)26-13-15-6-2-4-8-18(15)25-26/h1-10,12-13H,11H2,(H,24,27)(H2,23,28,29). The molecule has 0 saturated carbocycles. The fraction of sp³-hybridized carbons (Fsp3) is 0.0476. The highest BCUT2D eigenvalue weighted by Crippen LogP contribution is 2.25. The van der Waals surface area contributed by atoms with E-state index >= 15 is 0 Å². The normalized spacial score (nSPS) is 11.5. The Bertz CT molecular complexity index is 1330. The zero-order chi connectivity index (χ0) is 21.3. The maximum atomic E-state index is 12.4. The average Bonchev–Trinajstić information content (AvgIpc) is 3.13. The number of carbonyl (C=O) groups excluding carboxylic acids is 1. The van der Waals surface area contributed by atoms with E-state index in [0.29, 0.717) is 16.3 Å². The molecule has 1 aromatic heterocycles. The number of hydrogen-bond acceptors (Lipinski definition) is 4. The van der Waals surface area contributed by atoms with Gasteiger partial charge in [-0.1, -0.05) is 48.0 Å². The molecular formula is C21H17ClN4O3S. The first-order valence-corrected chi connectivity index (χ1v) is 10.9. The summed E-state index contributed by atoms with van der Waals surface area (Å²) in [7, 11) is -4.08. The number of halogens is 1. The molecule has 0 bridgehead atoms. The highest BCUT2D eigenvalue weighted by atomic mass is 35.5. The van der Waals surface area contributed by atoms with Crippen LogP contribution >= 0.6 is 11.6 Å². The largest absolute Gasteiger partial charge is 0.326 e. The molecule has 30 heavy (non-hydrogen) atoms. The molecule has 0 spiro atoms. The smallest absolute Gasteiger partial charge is 0.240 e. The second-order valence-corrected chi connectivity index (χ2v) is 8.61. The van der Waals surface area contributed by atoms with E-state index in [9.17, 15) is 13.2 Å². The first-order chi connectivity index (χ1) is 14.3. The van der Waals surface area contributed by atoms with Crippen molar-refractivity contribution >= 4 is 44.1 Å². The molecule has 0 saturated heterocycles. The summed E-state index contributed by atoms with van der Waals surface area (Å²) >= 11 is 6.09. The highest BCUT2D eigenvalue weighted by molar-refractivity contribution is 7.89. The molecular weight excluding hydrogens is 424 g/mol. The zero-order valence-electron chi connectivity index (χ0n) is 15.6. The quantitative estimate of drug-likeness (QED) is 0.495. The van der Waals surface area contributed by atoms with E-state index in [4.69, 9.17) is 16.7 Å². The van der Waals surface area contributed by atoms with Gasteiger partial charge in [-0.15, -0.1) is 0 Å². The number of sulfonamides is 1. The van der Waals surface area contributed by atoms with E-state index in [1.165, 1.54) is 10.7 Å². The van der Waals surface area contributed by atoms with Gasteiger partial charge in [-0.3, -0.25) is 4.79 Å². The minimum absolute atomic E-state index is 0.0523. The summed E-state index contributed by atoms with van der Waals surface area (Å²) in [5, 5.41) is 13.9. The maximum Gasteiger partial charge on any atom is 0.240 e. The van der Waals surface area contributed by atoms with Crippen molar-refractivity contribution in [1.29, 1.82) is 0 Å². The highest BCUT2D eigenvalue weighted by Gasteiger charge is 2.18. The van der Waals surface area contributed by atoms with Crippen LogP contribution < -0.4 is 10.5 Å². The molecule has 4 rings (SSSR count). The van der Waals surface area contributed by atoms with Gasteiger partial charge in [0.25, 0.3) is 0 Å². The van der Waals surface area contributed by atoms with Crippen LogP contribution in [0.4, 0.5) is 5.69 Å². The number of nitrogens with two attached hydrogens (primary N) is 1. The van der Waals surface area contributed by atoms with E-state index < -0.39 is 10.0 Å². The molecule has 0 atom stereocenters. The second kappa shape index (κ2) is 7.91. The number of amides is 1. The number of aromatic nitrogens is 2. The summed E-state index contributed by atoms with van der Waals surface area (Å²) in [6.07, 6.45) is 1.77.